The standard InChI is InChI=1S/C64H41NS/c1-3-17-44(18-4-1)62-57-26-10-9-24-53(57)55-39-35-47(41-59(55)63(62)45-19-5-2-6-20-45)46-21-13-22-49(40-46)65(60-30-15-29-58-56-25-11-12-31-61(56)66-64(58)60)48-36-32-43(33-37-48)51-27-14-28-52-50-23-8-7-16-42(50)34-38-54(51)52/h1-41H. The fourth-order valence-electron chi connectivity index (χ4n) is 10.4. The van der Waals surface area contributed by atoms with Gasteiger partial charge in [0.1, 0.15) is 0 Å². The highest BCUT2D eigenvalue weighted by molar-refractivity contribution is 7.26. The third-order valence-corrected chi connectivity index (χ3v) is 14.6. The minimum atomic E-state index is 1.11. The first-order valence-electron chi connectivity index (χ1n) is 22.7. The zero-order chi connectivity index (χ0) is 43.6. The Morgan fingerprint density at radius 1 is 0.273 bits per heavy atom. The fourth-order valence-corrected chi connectivity index (χ4v) is 11.6. The van der Waals surface area contributed by atoms with Crippen LogP contribution in [-0.4, -0.2) is 0 Å². The van der Waals surface area contributed by atoms with Crippen LogP contribution in [0.5, 0.6) is 0 Å². The average molecular weight is 856 g/mol. The zero-order valence-corrected chi connectivity index (χ0v) is 36.8. The summed E-state index contributed by atoms with van der Waals surface area (Å²) >= 11 is 1.87. The van der Waals surface area contributed by atoms with Crippen molar-refractivity contribution in [1.82, 2.24) is 0 Å². The molecular weight excluding hydrogens is 815 g/mol. The second-order valence-corrected chi connectivity index (χ2v) is 18.2. The third kappa shape index (κ3) is 6.30. The van der Waals surface area contributed by atoms with Crippen LogP contribution in [0.25, 0.3) is 108 Å². The summed E-state index contributed by atoms with van der Waals surface area (Å²) in [5, 5.41) is 12.7. The van der Waals surface area contributed by atoms with Crippen molar-refractivity contribution in [3.05, 3.63) is 249 Å². The van der Waals surface area contributed by atoms with Crippen LogP contribution in [0.3, 0.4) is 0 Å². The van der Waals surface area contributed by atoms with Crippen molar-refractivity contribution in [1.29, 1.82) is 0 Å². The quantitative estimate of drug-likeness (QED) is 0.144. The summed E-state index contributed by atoms with van der Waals surface area (Å²) in [6.45, 7) is 0. The Bertz CT molecular complexity index is 3980. The first-order chi connectivity index (χ1) is 32.7. The van der Waals surface area contributed by atoms with Crippen molar-refractivity contribution in [2.24, 2.45) is 0 Å². The Balaban J connectivity index is 0.997. The lowest BCUT2D eigenvalue weighted by Crippen LogP contribution is -2.10. The van der Waals surface area contributed by atoms with Gasteiger partial charge in [-0.25, -0.2) is 0 Å². The monoisotopic (exact) mass is 855 g/mol. The van der Waals surface area contributed by atoms with E-state index in [1.54, 1.807) is 0 Å². The number of hydrogen-bond donors (Lipinski definition) is 0. The Morgan fingerprint density at radius 2 is 0.818 bits per heavy atom. The van der Waals surface area contributed by atoms with Crippen LogP contribution in [0.1, 0.15) is 0 Å². The van der Waals surface area contributed by atoms with Crippen LogP contribution in [0, 0.1) is 0 Å². The van der Waals surface area contributed by atoms with Gasteiger partial charge < -0.3 is 4.90 Å². The van der Waals surface area contributed by atoms with E-state index in [1.807, 2.05) is 11.3 Å². The number of rotatable bonds is 7. The van der Waals surface area contributed by atoms with E-state index < -0.39 is 0 Å². The molecule has 66 heavy (non-hydrogen) atoms. The van der Waals surface area contributed by atoms with Crippen molar-refractivity contribution in [2.45, 2.75) is 0 Å². The highest BCUT2D eigenvalue weighted by Gasteiger charge is 2.21. The molecule has 0 atom stereocenters. The molecule has 0 unspecified atom stereocenters. The maximum absolute atomic E-state index is 2.46. The third-order valence-electron chi connectivity index (χ3n) is 13.4. The topological polar surface area (TPSA) is 3.24 Å². The molecule has 13 aromatic rings. The molecule has 2 heteroatoms. The van der Waals surface area contributed by atoms with Crippen molar-refractivity contribution in [2.75, 3.05) is 4.90 Å². The van der Waals surface area contributed by atoms with E-state index in [0.717, 1.165) is 16.9 Å². The molecule has 0 amide bonds. The molecule has 1 nitrogen and oxygen atoms in total. The van der Waals surface area contributed by atoms with Gasteiger partial charge in [0.25, 0.3) is 0 Å². The molecule has 13 rings (SSSR count). The van der Waals surface area contributed by atoms with Gasteiger partial charge in [0.15, 0.2) is 0 Å². The van der Waals surface area contributed by atoms with Gasteiger partial charge in [-0.2, -0.15) is 0 Å². The molecule has 0 spiro atoms. The van der Waals surface area contributed by atoms with Gasteiger partial charge in [0.05, 0.1) is 10.4 Å². The molecule has 0 aliphatic carbocycles. The van der Waals surface area contributed by atoms with Gasteiger partial charge in [0.2, 0.25) is 0 Å². The van der Waals surface area contributed by atoms with Crippen LogP contribution in [0.15, 0.2) is 249 Å². The number of anilines is 3. The molecule has 1 heterocycles. The van der Waals surface area contributed by atoms with E-state index in [4.69, 9.17) is 0 Å². The maximum Gasteiger partial charge on any atom is 0.0640 e. The lowest BCUT2D eigenvalue weighted by molar-refractivity contribution is 1.30. The molecule has 308 valence electrons. The Kier molecular flexibility index (Phi) is 9.11. The number of fused-ring (bicyclic) bond motifs is 9. The van der Waals surface area contributed by atoms with Crippen LogP contribution in [0.4, 0.5) is 17.1 Å². The lowest BCUT2D eigenvalue weighted by atomic mass is 9.84. The molecule has 0 saturated carbocycles. The predicted octanol–water partition coefficient (Wildman–Crippen LogP) is 18.8. The lowest BCUT2D eigenvalue weighted by Gasteiger charge is -2.27. The van der Waals surface area contributed by atoms with E-state index in [-0.39, 0.29) is 0 Å². The number of thiophene rings is 1. The van der Waals surface area contributed by atoms with Crippen LogP contribution in [0.2, 0.25) is 0 Å². The summed E-state index contributed by atoms with van der Waals surface area (Å²) in [5.74, 6) is 0. The minimum Gasteiger partial charge on any atom is -0.309 e. The van der Waals surface area contributed by atoms with E-state index >= 15 is 0 Å². The minimum absolute atomic E-state index is 1.11. The van der Waals surface area contributed by atoms with E-state index in [9.17, 15) is 0 Å². The maximum atomic E-state index is 2.46. The summed E-state index contributed by atoms with van der Waals surface area (Å²) in [7, 11) is 0. The zero-order valence-electron chi connectivity index (χ0n) is 36.0. The second kappa shape index (κ2) is 15.7. The molecule has 0 aliphatic rings. The van der Waals surface area contributed by atoms with Gasteiger partial charge in [-0.3, -0.25) is 0 Å². The normalized spacial score (nSPS) is 11.6. The Hall–Kier alpha value is -8.30. The van der Waals surface area contributed by atoms with Gasteiger partial charge >= 0.3 is 0 Å². The second-order valence-electron chi connectivity index (χ2n) is 17.2. The van der Waals surface area contributed by atoms with E-state index in [0.29, 0.717) is 0 Å². The van der Waals surface area contributed by atoms with E-state index in [2.05, 4.69) is 254 Å². The molecular formula is C64H41NS. The Morgan fingerprint density at radius 3 is 1.62 bits per heavy atom. The summed E-state index contributed by atoms with van der Waals surface area (Å²) in [6.07, 6.45) is 0. The summed E-state index contributed by atoms with van der Waals surface area (Å²) in [6, 6.07) is 91.5. The van der Waals surface area contributed by atoms with E-state index in [1.165, 1.54) is 108 Å². The Labute approximate surface area is 387 Å². The molecule has 12 aromatic carbocycles. The van der Waals surface area contributed by atoms with Gasteiger partial charge in [-0.15, -0.1) is 11.3 Å². The van der Waals surface area contributed by atoms with Crippen LogP contribution in [-0.2, 0) is 0 Å². The average Bonchev–Trinajstić information content (AvgIpc) is 3.78. The van der Waals surface area contributed by atoms with Crippen LogP contribution >= 0.6 is 11.3 Å². The van der Waals surface area contributed by atoms with Crippen molar-refractivity contribution in [3.8, 4) is 44.5 Å². The number of hydrogen-bond acceptors (Lipinski definition) is 2. The summed E-state index contributed by atoms with van der Waals surface area (Å²) < 4.78 is 2.56. The van der Waals surface area contributed by atoms with Gasteiger partial charge in [0, 0.05) is 26.8 Å². The highest BCUT2D eigenvalue weighted by Crippen LogP contribution is 2.48. The largest absolute Gasteiger partial charge is 0.309 e. The summed E-state index contributed by atoms with van der Waals surface area (Å²) in [4.78, 5) is 2.46. The fraction of sp³-hybridized carbons (Fsp3) is 0. The molecule has 0 N–H and O–H groups in total. The molecule has 0 saturated heterocycles. The first kappa shape index (κ1) is 38.2. The first-order valence-corrected chi connectivity index (χ1v) is 23.5. The van der Waals surface area contributed by atoms with Crippen molar-refractivity contribution < 1.29 is 0 Å². The molecule has 0 radical (unpaired) electrons. The number of nitrogens with zero attached hydrogens (tertiary/aromatic N) is 1. The molecule has 1 aromatic heterocycles. The number of benzene rings is 12. The van der Waals surface area contributed by atoms with Gasteiger partial charge in [-0.05, 0) is 130 Å². The van der Waals surface area contributed by atoms with Crippen LogP contribution < -0.4 is 4.90 Å². The van der Waals surface area contributed by atoms with Crippen molar-refractivity contribution in [3.63, 3.8) is 0 Å². The predicted molar refractivity (Wildman–Crippen MR) is 286 cm³/mol. The molecule has 0 fully saturated rings. The molecule has 0 aliphatic heterocycles. The molecule has 0 bridgehead atoms. The van der Waals surface area contributed by atoms with Crippen molar-refractivity contribution >= 4 is 91.7 Å². The summed E-state index contributed by atoms with van der Waals surface area (Å²) in [5.41, 5.74) is 13.1. The highest BCUT2D eigenvalue weighted by atomic mass is 32.1. The SMILES string of the molecule is c1ccc(-c2c(-c3ccccc3)c3cc(-c4cccc(N(c5ccc(-c6cccc7c6ccc6ccccc67)cc5)c5cccc6c5sc5ccccc56)c4)ccc3c3ccccc23)cc1. The smallest absolute Gasteiger partial charge is 0.0640 e. The van der Waals surface area contributed by atoms with Gasteiger partial charge in [-0.1, -0.05) is 206 Å².